The monoisotopic (exact) mass is 283 g/mol. The maximum Gasteiger partial charge on any atom is 0.229 e. The standard InChI is InChI=1S/C16H21N5/c1-2-20-10-12-21(13-11-20)15-8-9-17-16(19-15)18-14-6-4-3-5-7-14/h3-9H,2,10-13H2,1H3,(H,17,18,19). The van der Waals surface area contributed by atoms with Gasteiger partial charge in [-0.1, -0.05) is 25.1 Å². The van der Waals surface area contributed by atoms with Gasteiger partial charge < -0.3 is 15.1 Å². The van der Waals surface area contributed by atoms with Crippen molar-refractivity contribution in [1.82, 2.24) is 14.9 Å². The fraction of sp³-hybridized carbons (Fsp3) is 0.375. The second-order valence-electron chi connectivity index (χ2n) is 5.15. The third kappa shape index (κ3) is 3.49. The minimum absolute atomic E-state index is 0.650. The highest BCUT2D eigenvalue weighted by Gasteiger charge is 2.17. The van der Waals surface area contributed by atoms with Gasteiger partial charge in [0.1, 0.15) is 5.82 Å². The second-order valence-corrected chi connectivity index (χ2v) is 5.15. The van der Waals surface area contributed by atoms with E-state index < -0.39 is 0 Å². The first-order chi connectivity index (χ1) is 10.3. The van der Waals surface area contributed by atoms with E-state index in [1.165, 1.54) is 0 Å². The van der Waals surface area contributed by atoms with Gasteiger partial charge in [-0.3, -0.25) is 0 Å². The van der Waals surface area contributed by atoms with E-state index in [1.807, 2.05) is 42.6 Å². The molecule has 0 radical (unpaired) electrons. The number of benzene rings is 1. The molecular formula is C16H21N5. The Hall–Kier alpha value is -2.14. The van der Waals surface area contributed by atoms with Gasteiger partial charge in [-0.05, 0) is 24.7 Å². The van der Waals surface area contributed by atoms with Crippen LogP contribution in [0.1, 0.15) is 6.92 Å². The van der Waals surface area contributed by atoms with Crippen LogP contribution in [0, 0.1) is 0 Å². The Bertz CT molecular complexity index is 564. The van der Waals surface area contributed by atoms with Crippen molar-refractivity contribution in [2.45, 2.75) is 6.92 Å². The number of nitrogens with one attached hydrogen (secondary N) is 1. The van der Waals surface area contributed by atoms with E-state index in [-0.39, 0.29) is 0 Å². The third-order valence-electron chi connectivity index (χ3n) is 3.81. The Labute approximate surface area is 125 Å². The first-order valence-corrected chi connectivity index (χ1v) is 7.47. The molecule has 3 rings (SSSR count). The minimum Gasteiger partial charge on any atom is -0.354 e. The van der Waals surface area contributed by atoms with Crippen molar-refractivity contribution in [3.05, 3.63) is 42.6 Å². The van der Waals surface area contributed by atoms with Gasteiger partial charge in [-0.2, -0.15) is 4.98 Å². The first kappa shape index (κ1) is 13.8. The molecule has 0 spiro atoms. The van der Waals surface area contributed by atoms with Gasteiger partial charge in [-0.15, -0.1) is 0 Å². The topological polar surface area (TPSA) is 44.3 Å². The molecule has 0 aliphatic carbocycles. The van der Waals surface area contributed by atoms with Gasteiger partial charge in [-0.25, -0.2) is 4.98 Å². The molecule has 21 heavy (non-hydrogen) atoms. The van der Waals surface area contributed by atoms with Gasteiger partial charge in [0.25, 0.3) is 0 Å². The fourth-order valence-corrected chi connectivity index (χ4v) is 2.53. The third-order valence-corrected chi connectivity index (χ3v) is 3.81. The number of para-hydroxylation sites is 1. The zero-order chi connectivity index (χ0) is 14.5. The van der Waals surface area contributed by atoms with Gasteiger partial charge in [0.05, 0.1) is 0 Å². The molecule has 110 valence electrons. The van der Waals surface area contributed by atoms with Crippen molar-refractivity contribution in [2.24, 2.45) is 0 Å². The molecule has 5 nitrogen and oxygen atoms in total. The Morgan fingerprint density at radius 3 is 2.52 bits per heavy atom. The molecule has 0 bridgehead atoms. The van der Waals surface area contributed by atoms with Crippen molar-refractivity contribution in [3.63, 3.8) is 0 Å². The van der Waals surface area contributed by atoms with Crippen molar-refractivity contribution >= 4 is 17.5 Å². The van der Waals surface area contributed by atoms with Gasteiger partial charge in [0, 0.05) is 38.1 Å². The highest BCUT2D eigenvalue weighted by Crippen LogP contribution is 2.17. The van der Waals surface area contributed by atoms with Crippen LogP contribution in [-0.4, -0.2) is 47.6 Å². The van der Waals surface area contributed by atoms with Crippen molar-refractivity contribution in [3.8, 4) is 0 Å². The lowest BCUT2D eigenvalue weighted by Gasteiger charge is -2.34. The average Bonchev–Trinajstić information content (AvgIpc) is 2.56. The first-order valence-electron chi connectivity index (χ1n) is 7.47. The summed E-state index contributed by atoms with van der Waals surface area (Å²) in [6, 6.07) is 12.0. The van der Waals surface area contributed by atoms with E-state index in [1.54, 1.807) is 0 Å². The summed E-state index contributed by atoms with van der Waals surface area (Å²) in [7, 11) is 0. The van der Waals surface area contributed by atoms with Crippen LogP contribution in [0.5, 0.6) is 0 Å². The van der Waals surface area contributed by atoms with Crippen LogP contribution in [0.2, 0.25) is 0 Å². The lowest BCUT2D eigenvalue weighted by atomic mass is 10.3. The summed E-state index contributed by atoms with van der Waals surface area (Å²) < 4.78 is 0. The summed E-state index contributed by atoms with van der Waals surface area (Å²) in [4.78, 5) is 13.7. The molecule has 0 amide bonds. The normalized spacial score (nSPS) is 16.0. The second kappa shape index (κ2) is 6.54. The predicted molar refractivity (Wildman–Crippen MR) is 86.1 cm³/mol. The summed E-state index contributed by atoms with van der Waals surface area (Å²) in [5.41, 5.74) is 1.01. The molecule has 0 atom stereocenters. The molecule has 2 heterocycles. The Balaban J connectivity index is 1.69. The van der Waals surface area contributed by atoms with Crippen LogP contribution in [-0.2, 0) is 0 Å². The molecule has 5 heteroatoms. The number of hydrogen-bond donors (Lipinski definition) is 1. The van der Waals surface area contributed by atoms with E-state index in [2.05, 4.69) is 32.0 Å². The van der Waals surface area contributed by atoms with Crippen LogP contribution in [0.4, 0.5) is 17.5 Å². The molecule has 1 N–H and O–H groups in total. The smallest absolute Gasteiger partial charge is 0.229 e. The summed E-state index contributed by atoms with van der Waals surface area (Å²) >= 11 is 0. The maximum atomic E-state index is 4.63. The lowest BCUT2D eigenvalue weighted by molar-refractivity contribution is 0.270. The molecule has 1 saturated heterocycles. The molecule has 0 saturated carbocycles. The largest absolute Gasteiger partial charge is 0.354 e. The van der Waals surface area contributed by atoms with Crippen LogP contribution in [0.25, 0.3) is 0 Å². The van der Waals surface area contributed by atoms with E-state index in [0.29, 0.717) is 5.95 Å². The zero-order valence-electron chi connectivity index (χ0n) is 12.4. The molecule has 0 unspecified atom stereocenters. The number of rotatable bonds is 4. The van der Waals surface area contributed by atoms with Crippen LogP contribution in [0.15, 0.2) is 42.6 Å². The zero-order valence-corrected chi connectivity index (χ0v) is 12.4. The fourth-order valence-electron chi connectivity index (χ4n) is 2.53. The summed E-state index contributed by atoms with van der Waals surface area (Å²) in [6.07, 6.45) is 1.82. The van der Waals surface area contributed by atoms with Crippen LogP contribution in [0.3, 0.4) is 0 Å². The molecule has 1 aromatic carbocycles. The quantitative estimate of drug-likeness (QED) is 0.933. The van der Waals surface area contributed by atoms with E-state index in [9.17, 15) is 0 Å². The molecule has 1 aliphatic heterocycles. The lowest BCUT2D eigenvalue weighted by Crippen LogP contribution is -2.46. The summed E-state index contributed by atoms with van der Waals surface area (Å²) in [6.45, 7) is 7.58. The highest BCUT2D eigenvalue weighted by molar-refractivity contribution is 5.54. The van der Waals surface area contributed by atoms with Crippen molar-refractivity contribution in [1.29, 1.82) is 0 Å². The number of anilines is 3. The van der Waals surface area contributed by atoms with E-state index in [4.69, 9.17) is 0 Å². The molecule has 2 aromatic rings. The van der Waals surface area contributed by atoms with Crippen molar-refractivity contribution in [2.75, 3.05) is 42.9 Å². The molecule has 1 fully saturated rings. The van der Waals surface area contributed by atoms with E-state index >= 15 is 0 Å². The van der Waals surface area contributed by atoms with Gasteiger partial charge in [0.2, 0.25) is 5.95 Å². The Morgan fingerprint density at radius 2 is 1.81 bits per heavy atom. The number of likely N-dealkylation sites (N-methyl/N-ethyl adjacent to an activating group) is 1. The van der Waals surface area contributed by atoms with Gasteiger partial charge >= 0.3 is 0 Å². The number of piperazine rings is 1. The summed E-state index contributed by atoms with van der Waals surface area (Å²) in [5.74, 6) is 1.65. The summed E-state index contributed by atoms with van der Waals surface area (Å²) in [5, 5.41) is 3.24. The molecule has 1 aromatic heterocycles. The number of aromatic nitrogens is 2. The number of hydrogen-bond acceptors (Lipinski definition) is 5. The Morgan fingerprint density at radius 1 is 1.05 bits per heavy atom. The van der Waals surface area contributed by atoms with E-state index in [0.717, 1.165) is 44.2 Å². The Kier molecular flexibility index (Phi) is 4.31. The SMILES string of the molecule is CCN1CCN(c2ccnc(Nc3ccccc3)n2)CC1. The highest BCUT2D eigenvalue weighted by atomic mass is 15.3. The number of nitrogens with zero attached hydrogens (tertiary/aromatic N) is 4. The van der Waals surface area contributed by atoms with Crippen LogP contribution < -0.4 is 10.2 Å². The predicted octanol–water partition coefficient (Wildman–Crippen LogP) is 2.36. The maximum absolute atomic E-state index is 4.63. The van der Waals surface area contributed by atoms with Crippen molar-refractivity contribution < 1.29 is 0 Å². The molecule has 1 aliphatic rings. The molecular weight excluding hydrogens is 262 g/mol. The minimum atomic E-state index is 0.650. The van der Waals surface area contributed by atoms with Crippen LogP contribution >= 0.6 is 0 Å². The van der Waals surface area contributed by atoms with Gasteiger partial charge in [0.15, 0.2) is 0 Å². The average molecular weight is 283 g/mol.